The monoisotopic (exact) mass is 520 g/mol. The van der Waals surface area contributed by atoms with Gasteiger partial charge in [0.15, 0.2) is 16.6 Å². The number of rotatable bonds is 7. The van der Waals surface area contributed by atoms with Crippen molar-refractivity contribution >= 4 is 29.0 Å². The summed E-state index contributed by atoms with van der Waals surface area (Å²) in [6, 6.07) is 22.9. The van der Waals surface area contributed by atoms with Crippen molar-refractivity contribution in [3.05, 3.63) is 89.5 Å². The molecule has 0 bridgehead atoms. The van der Waals surface area contributed by atoms with Crippen LogP contribution in [0.15, 0.2) is 72.8 Å². The maximum atomic E-state index is 12.4. The van der Waals surface area contributed by atoms with Crippen LogP contribution >= 0.6 is 12.2 Å². The number of piperidine rings is 1. The van der Waals surface area contributed by atoms with Crippen molar-refractivity contribution in [3.63, 3.8) is 0 Å². The van der Waals surface area contributed by atoms with E-state index in [0.717, 1.165) is 24.0 Å². The molecule has 0 radical (unpaired) electrons. The zero-order valence-electron chi connectivity index (χ0n) is 21.3. The first-order valence-corrected chi connectivity index (χ1v) is 12.6. The molecule has 0 atom stereocenters. The zero-order valence-corrected chi connectivity index (χ0v) is 22.1. The van der Waals surface area contributed by atoms with Crippen molar-refractivity contribution in [1.82, 2.24) is 4.90 Å². The van der Waals surface area contributed by atoms with Gasteiger partial charge in [0, 0.05) is 25.2 Å². The fraction of sp³-hybridized carbons (Fsp3) is 0.310. The molecule has 2 N–H and O–H groups in total. The molecule has 0 spiro atoms. The Morgan fingerprint density at radius 1 is 0.919 bits per heavy atom. The molecule has 1 heterocycles. The number of carbonyl (C=O) groups is 1. The number of esters is 1. The molecule has 0 saturated carbocycles. The lowest BCUT2D eigenvalue weighted by Crippen LogP contribution is -2.47. The minimum Gasteiger partial charge on any atom is -0.493 e. The highest BCUT2D eigenvalue weighted by molar-refractivity contribution is 7.80. The zero-order chi connectivity index (χ0) is 26.4. The Morgan fingerprint density at radius 2 is 1.43 bits per heavy atom. The van der Waals surface area contributed by atoms with E-state index in [2.05, 4.69) is 10.2 Å². The van der Waals surface area contributed by atoms with Crippen LogP contribution < -0.4 is 14.8 Å². The summed E-state index contributed by atoms with van der Waals surface area (Å²) in [6.07, 6.45) is 1.47. The van der Waals surface area contributed by atoms with E-state index in [4.69, 9.17) is 26.4 Å². The molecule has 37 heavy (non-hydrogen) atoms. The number of ether oxygens (including phenoxy) is 3. The van der Waals surface area contributed by atoms with Gasteiger partial charge in [-0.25, -0.2) is 4.79 Å². The van der Waals surface area contributed by atoms with Gasteiger partial charge in [-0.3, -0.25) is 0 Å². The Kier molecular flexibility index (Phi) is 8.31. The average Bonchev–Trinajstić information content (AvgIpc) is 2.97. The summed E-state index contributed by atoms with van der Waals surface area (Å²) in [4.78, 5) is 14.5. The molecule has 1 aliphatic rings. The summed E-state index contributed by atoms with van der Waals surface area (Å²) < 4.78 is 15.7. The summed E-state index contributed by atoms with van der Waals surface area (Å²) in [5, 5.41) is 15.8. The van der Waals surface area contributed by atoms with Crippen LogP contribution in [0.4, 0.5) is 5.69 Å². The number of nitrogens with zero attached hydrogens (tertiary/aromatic N) is 1. The molecule has 0 aliphatic carbocycles. The maximum Gasteiger partial charge on any atom is 0.340 e. The predicted molar refractivity (Wildman–Crippen MR) is 147 cm³/mol. The molecule has 0 amide bonds. The van der Waals surface area contributed by atoms with Gasteiger partial charge in [-0.1, -0.05) is 60.7 Å². The number of anilines is 1. The van der Waals surface area contributed by atoms with Crippen LogP contribution in [0.2, 0.25) is 0 Å². The number of hydrogen-bond donors (Lipinski definition) is 2. The number of carbonyl (C=O) groups excluding carboxylic acids is 1. The molecule has 1 saturated heterocycles. The van der Waals surface area contributed by atoms with Crippen LogP contribution in [0.1, 0.15) is 34.3 Å². The summed E-state index contributed by atoms with van der Waals surface area (Å²) in [5.41, 5.74) is 1.42. The van der Waals surface area contributed by atoms with Gasteiger partial charge in [0.2, 0.25) is 0 Å². The second-order valence-corrected chi connectivity index (χ2v) is 9.32. The quantitative estimate of drug-likeness (QED) is 0.339. The van der Waals surface area contributed by atoms with Crippen LogP contribution in [0.25, 0.3) is 0 Å². The van der Waals surface area contributed by atoms with Gasteiger partial charge in [0.25, 0.3) is 0 Å². The highest BCUT2D eigenvalue weighted by atomic mass is 32.1. The topological polar surface area (TPSA) is 80.3 Å². The standard InChI is InChI=1S/C29H32N2O5S/c1-34-25-18-23(27(32)36-3)24(19-26(25)35-2)30-28(37)31-16-14-22(15-17-31)29(33,20-10-6-4-7-11-20)21-12-8-5-9-13-21/h4-13,18-19,22,33H,14-17H2,1-3H3,(H,30,37). The van der Waals surface area contributed by atoms with E-state index >= 15 is 0 Å². The Hall–Kier alpha value is -3.62. The van der Waals surface area contributed by atoms with E-state index in [0.29, 0.717) is 41.0 Å². The number of aliphatic hydroxyl groups is 1. The number of thiocarbonyl (C=S) groups is 1. The predicted octanol–water partition coefficient (Wildman–Crippen LogP) is 4.84. The minimum atomic E-state index is -1.11. The van der Waals surface area contributed by atoms with Crippen LogP contribution in [0, 0.1) is 5.92 Å². The van der Waals surface area contributed by atoms with E-state index in [-0.39, 0.29) is 5.92 Å². The highest BCUT2D eigenvalue weighted by Gasteiger charge is 2.41. The van der Waals surface area contributed by atoms with Crippen molar-refractivity contribution in [2.45, 2.75) is 18.4 Å². The third-order valence-corrected chi connectivity index (χ3v) is 7.33. The van der Waals surface area contributed by atoms with E-state index < -0.39 is 11.6 Å². The van der Waals surface area contributed by atoms with Crippen molar-refractivity contribution in [3.8, 4) is 11.5 Å². The SMILES string of the molecule is COC(=O)c1cc(OC)c(OC)cc1NC(=S)N1CCC(C(O)(c2ccccc2)c2ccccc2)CC1. The van der Waals surface area contributed by atoms with Crippen molar-refractivity contribution in [1.29, 1.82) is 0 Å². The van der Waals surface area contributed by atoms with E-state index in [1.807, 2.05) is 60.7 Å². The number of hydrogen-bond acceptors (Lipinski definition) is 6. The van der Waals surface area contributed by atoms with Crippen LogP contribution in [-0.4, -0.2) is 55.5 Å². The average molecular weight is 521 g/mol. The van der Waals surface area contributed by atoms with Gasteiger partial charge in [-0.15, -0.1) is 0 Å². The van der Waals surface area contributed by atoms with Gasteiger partial charge in [0.1, 0.15) is 5.60 Å². The summed E-state index contributed by atoms with van der Waals surface area (Å²) >= 11 is 5.73. The van der Waals surface area contributed by atoms with Crippen LogP contribution in [-0.2, 0) is 10.3 Å². The maximum absolute atomic E-state index is 12.4. The Balaban J connectivity index is 1.53. The fourth-order valence-corrected chi connectivity index (χ4v) is 5.27. The van der Waals surface area contributed by atoms with Crippen molar-refractivity contribution in [2.24, 2.45) is 5.92 Å². The Labute approximate surface area is 223 Å². The van der Waals surface area contributed by atoms with Crippen molar-refractivity contribution in [2.75, 3.05) is 39.7 Å². The smallest absolute Gasteiger partial charge is 0.340 e. The second kappa shape index (κ2) is 11.6. The van der Waals surface area contributed by atoms with E-state index in [1.54, 1.807) is 12.1 Å². The molecule has 0 unspecified atom stereocenters. The largest absolute Gasteiger partial charge is 0.493 e. The Bertz CT molecular complexity index is 1190. The number of likely N-dealkylation sites (tertiary alicyclic amines) is 1. The lowest BCUT2D eigenvalue weighted by molar-refractivity contribution is -0.00631. The molecule has 1 aliphatic heterocycles. The molecule has 8 heteroatoms. The molecular formula is C29H32N2O5S. The first kappa shape index (κ1) is 26.4. The molecule has 194 valence electrons. The van der Waals surface area contributed by atoms with Crippen LogP contribution in [0.3, 0.4) is 0 Å². The first-order valence-electron chi connectivity index (χ1n) is 12.2. The summed E-state index contributed by atoms with van der Waals surface area (Å²) in [5.74, 6) is 0.375. The van der Waals surface area contributed by atoms with E-state index in [9.17, 15) is 9.90 Å². The number of methoxy groups -OCH3 is 3. The molecule has 1 fully saturated rings. The van der Waals surface area contributed by atoms with Gasteiger partial charge < -0.3 is 29.5 Å². The van der Waals surface area contributed by atoms with Crippen LogP contribution in [0.5, 0.6) is 11.5 Å². The molecule has 4 rings (SSSR count). The molecular weight excluding hydrogens is 488 g/mol. The van der Waals surface area contributed by atoms with E-state index in [1.165, 1.54) is 21.3 Å². The van der Waals surface area contributed by atoms with Gasteiger partial charge in [-0.2, -0.15) is 0 Å². The first-order chi connectivity index (χ1) is 17.9. The lowest BCUT2D eigenvalue weighted by atomic mass is 9.72. The molecule has 3 aromatic rings. The Morgan fingerprint density at radius 3 is 1.92 bits per heavy atom. The third kappa shape index (κ3) is 5.40. The highest BCUT2D eigenvalue weighted by Crippen LogP contribution is 2.42. The normalized spacial score (nSPS) is 14.1. The third-order valence-electron chi connectivity index (χ3n) is 6.97. The van der Waals surface area contributed by atoms with Gasteiger partial charge >= 0.3 is 5.97 Å². The molecule has 3 aromatic carbocycles. The number of benzene rings is 3. The summed E-state index contributed by atoms with van der Waals surface area (Å²) in [7, 11) is 4.36. The molecule has 0 aromatic heterocycles. The minimum absolute atomic E-state index is 0.00283. The van der Waals surface area contributed by atoms with Gasteiger partial charge in [-0.05, 0) is 42.1 Å². The van der Waals surface area contributed by atoms with Gasteiger partial charge in [0.05, 0.1) is 32.6 Å². The fourth-order valence-electron chi connectivity index (χ4n) is 4.98. The second-order valence-electron chi connectivity index (χ2n) is 8.93. The lowest BCUT2D eigenvalue weighted by Gasteiger charge is -2.43. The number of nitrogens with one attached hydrogen (secondary N) is 1. The van der Waals surface area contributed by atoms with Crippen molar-refractivity contribution < 1.29 is 24.1 Å². The molecule has 7 nitrogen and oxygen atoms in total. The summed E-state index contributed by atoms with van der Waals surface area (Å²) in [6.45, 7) is 1.30.